The highest BCUT2D eigenvalue weighted by molar-refractivity contribution is 5.89. The zero-order chi connectivity index (χ0) is 12.7. The van der Waals surface area contributed by atoms with Gasteiger partial charge < -0.3 is 15.2 Å². The molecule has 0 aliphatic heterocycles. The van der Waals surface area contributed by atoms with Crippen LogP contribution in [0.15, 0.2) is 24.4 Å². The minimum absolute atomic E-state index is 0.156. The maximum Gasteiger partial charge on any atom is 0.225 e. The van der Waals surface area contributed by atoms with Crippen molar-refractivity contribution in [3.63, 3.8) is 0 Å². The molecule has 1 N–H and O–H groups in total. The van der Waals surface area contributed by atoms with Crippen molar-refractivity contribution in [2.45, 2.75) is 26.2 Å². The van der Waals surface area contributed by atoms with Crippen LogP contribution in [0.4, 0.5) is 5.82 Å². The van der Waals surface area contributed by atoms with Gasteiger partial charge in [-0.15, -0.1) is 0 Å². The summed E-state index contributed by atoms with van der Waals surface area (Å²) in [7, 11) is 0. The molecule has 92 valence electrons. The Kier molecular flexibility index (Phi) is 5.13. The molecule has 0 aliphatic carbocycles. The Morgan fingerprint density at radius 3 is 2.76 bits per heavy atom. The van der Waals surface area contributed by atoms with Crippen molar-refractivity contribution in [3.8, 4) is 0 Å². The Hall–Kier alpha value is -1.91. The van der Waals surface area contributed by atoms with Crippen molar-refractivity contribution in [1.29, 1.82) is 0 Å². The van der Waals surface area contributed by atoms with E-state index in [-0.39, 0.29) is 18.7 Å². The summed E-state index contributed by atoms with van der Waals surface area (Å²) in [4.78, 5) is 26.1. The van der Waals surface area contributed by atoms with Crippen LogP contribution in [0.25, 0.3) is 0 Å². The fraction of sp³-hybridized carbons (Fsp3) is 0.417. The smallest absolute Gasteiger partial charge is 0.225 e. The SMILES string of the molecule is CC[C@H](CCC(=O)Nc1ccccn1)C(=O)[O-]. The first-order valence-electron chi connectivity index (χ1n) is 5.55. The number of pyridine rings is 1. The van der Waals surface area contributed by atoms with Crippen LogP contribution in [0, 0.1) is 5.92 Å². The minimum Gasteiger partial charge on any atom is -0.550 e. The van der Waals surface area contributed by atoms with Crippen LogP contribution in [0.2, 0.25) is 0 Å². The first kappa shape index (κ1) is 13.2. The summed E-state index contributed by atoms with van der Waals surface area (Å²) < 4.78 is 0. The fourth-order valence-corrected chi connectivity index (χ4v) is 1.44. The largest absolute Gasteiger partial charge is 0.550 e. The third-order valence-electron chi connectivity index (χ3n) is 2.48. The van der Waals surface area contributed by atoms with Gasteiger partial charge in [-0.2, -0.15) is 0 Å². The number of aromatic nitrogens is 1. The number of rotatable bonds is 6. The van der Waals surface area contributed by atoms with Gasteiger partial charge in [0.05, 0.1) is 0 Å². The first-order valence-corrected chi connectivity index (χ1v) is 5.55. The van der Waals surface area contributed by atoms with Gasteiger partial charge in [0.25, 0.3) is 0 Å². The van der Waals surface area contributed by atoms with E-state index in [1.165, 1.54) is 0 Å². The number of nitrogens with zero attached hydrogens (tertiary/aromatic N) is 1. The number of hydrogen-bond donors (Lipinski definition) is 1. The van der Waals surface area contributed by atoms with Crippen molar-refractivity contribution >= 4 is 17.7 Å². The molecule has 5 nitrogen and oxygen atoms in total. The Balaban J connectivity index is 2.38. The average Bonchev–Trinajstić information content (AvgIpc) is 2.30. The van der Waals surface area contributed by atoms with Gasteiger partial charge in [-0.05, 0) is 30.9 Å². The summed E-state index contributed by atoms with van der Waals surface area (Å²) in [6.45, 7) is 1.76. The van der Waals surface area contributed by atoms with Gasteiger partial charge in [-0.1, -0.05) is 13.0 Å². The molecule has 0 bridgehead atoms. The Labute approximate surface area is 99.9 Å². The molecule has 1 aromatic heterocycles. The van der Waals surface area contributed by atoms with E-state index >= 15 is 0 Å². The molecule has 1 atom stereocenters. The number of carboxylic acids is 1. The molecule has 1 rings (SSSR count). The van der Waals surface area contributed by atoms with E-state index in [0.29, 0.717) is 12.2 Å². The quantitative estimate of drug-likeness (QED) is 0.781. The van der Waals surface area contributed by atoms with Crippen LogP contribution in [-0.2, 0) is 9.59 Å². The zero-order valence-electron chi connectivity index (χ0n) is 9.68. The fourth-order valence-electron chi connectivity index (χ4n) is 1.44. The van der Waals surface area contributed by atoms with Gasteiger partial charge in [0.15, 0.2) is 0 Å². The second-order valence-corrected chi connectivity index (χ2v) is 3.73. The van der Waals surface area contributed by atoms with Crippen LogP contribution < -0.4 is 10.4 Å². The number of anilines is 1. The molecule has 0 fully saturated rings. The van der Waals surface area contributed by atoms with E-state index in [1.807, 2.05) is 0 Å². The highest BCUT2D eigenvalue weighted by Crippen LogP contribution is 2.11. The van der Waals surface area contributed by atoms with Crippen molar-refractivity contribution in [2.75, 3.05) is 5.32 Å². The Morgan fingerprint density at radius 2 is 2.24 bits per heavy atom. The van der Waals surface area contributed by atoms with Gasteiger partial charge in [-0.25, -0.2) is 4.98 Å². The molecule has 0 saturated heterocycles. The number of carbonyl (C=O) groups is 2. The van der Waals surface area contributed by atoms with Gasteiger partial charge in [0.2, 0.25) is 5.91 Å². The summed E-state index contributed by atoms with van der Waals surface area (Å²) in [6.07, 6.45) is 2.49. The summed E-state index contributed by atoms with van der Waals surface area (Å²) >= 11 is 0. The number of carbonyl (C=O) groups excluding carboxylic acids is 2. The lowest BCUT2D eigenvalue weighted by molar-refractivity contribution is -0.311. The Bertz CT molecular complexity index is 379. The van der Waals surface area contributed by atoms with Crippen LogP contribution in [0.3, 0.4) is 0 Å². The molecule has 1 aromatic rings. The molecule has 0 unspecified atom stereocenters. The lowest BCUT2D eigenvalue weighted by Gasteiger charge is -2.15. The molecule has 1 amide bonds. The van der Waals surface area contributed by atoms with E-state index in [0.717, 1.165) is 0 Å². The lowest BCUT2D eigenvalue weighted by atomic mass is 10.0. The molecule has 1 heterocycles. The molecular weight excluding hydrogens is 220 g/mol. The third kappa shape index (κ3) is 4.63. The maximum absolute atomic E-state index is 11.5. The standard InChI is InChI=1S/C12H16N2O3/c1-2-9(12(16)17)6-7-11(15)14-10-5-3-4-8-13-10/h3-5,8-9H,2,6-7H2,1H3,(H,16,17)(H,13,14,15)/p-1/t9-/m1/s1. The van der Waals surface area contributed by atoms with Gasteiger partial charge in [0, 0.05) is 18.6 Å². The van der Waals surface area contributed by atoms with Crippen LogP contribution >= 0.6 is 0 Å². The molecule has 0 spiro atoms. The van der Waals surface area contributed by atoms with Crippen LogP contribution in [0.5, 0.6) is 0 Å². The van der Waals surface area contributed by atoms with E-state index in [2.05, 4.69) is 10.3 Å². The highest BCUT2D eigenvalue weighted by Gasteiger charge is 2.10. The molecular formula is C12H15N2O3-. The zero-order valence-corrected chi connectivity index (χ0v) is 9.68. The van der Waals surface area contributed by atoms with E-state index < -0.39 is 11.9 Å². The van der Waals surface area contributed by atoms with Gasteiger partial charge in [-0.3, -0.25) is 4.79 Å². The van der Waals surface area contributed by atoms with E-state index in [1.54, 1.807) is 31.3 Å². The number of carboxylic acid groups (broad SMARTS) is 1. The van der Waals surface area contributed by atoms with Crippen molar-refractivity contribution in [1.82, 2.24) is 4.98 Å². The first-order chi connectivity index (χ1) is 8.13. The van der Waals surface area contributed by atoms with Crippen LogP contribution in [0.1, 0.15) is 26.2 Å². The van der Waals surface area contributed by atoms with Gasteiger partial charge in [0.1, 0.15) is 5.82 Å². The lowest BCUT2D eigenvalue weighted by Crippen LogP contribution is -2.31. The maximum atomic E-state index is 11.5. The summed E-state index contributed by atoms with van der Waals surface area (Å²) in [5.74, 6) is -1.43. The number of aliphatic carboxylic acids is 1. The predicted octanol–water partition coefficient (Wildman–Crippen LogP) is 0.576. The summed E-state index contributed by atoms with van der Waals surface area (Å²) in [5, 5.41) is 13.2. The normalized spacial score (nSPS) is 11.8. The minimum atomic E-state index is -1.10. The molecule has 0 saturated carbocycles. The molecule has 5 heteroatoms. The highest BCUT2D eigenvalue weighted by atomic mass is 16.4. The van der Waals surface area contributed by atoms with Crippen molar-refractivity contribution in [3.05, 3.63) is 24.4 Å². The van der Waals surface area contributed by atoms with Gasteiger partial charge >= 0.3 is 0 Å². The second-order valence-electron chi connectivity index (χ2n) is 3.73. The third-order valence-corrected chi connectivity index (χ3v) is 2.48. The summed E-state index contributed by atoms with van der Waals surface area (Å²) in [6, 6.07) is 5.19. The predicted molar refractivity (Wildman–Crippen MR) is 60.9 cm³/mol. The average molecular weight is 235 g/mol. The molecule has 0 radical (unpaired) electrons. The second kappa shape index (κ2) is 6.62. The van der Waals surface area contributed by atoms with Crippen molar-refractivity contribution < 1.29 is 14.7 Å². The molecule has 17 heavy (non-hydrogen) atoms. The van der Waals surface area contributed by atoms with Crippen LogP contribution in [-0.4, -0.2) is 16.9 Å². The van der Waals surface area contributed by atoms with E-state index in [9.17, 15) is 14.7 Å². The topological polar surface area (TPSA) is 82.1 Å². The Morgan fingerprint density at radius 1 is 1.47 bits per heavy atom. The van der Waals surface area contributed by atoms with E-state index in [4.69, 9.17) is 0 Å². The monoisotopic (exact) mass is 235 g/mol. The van der Waals surface area contributed by atoms with Crippen molar-refractivity contribution in [2.24, 2.45) is 5.92 Å². The summed E-state index contributed by atoms with van der Waals surface area (Å²) in [5.41, 5.74) is 0. The number of amides is 1. The molecule has 0 aromatic carbocycles. The number of nitrogens with one attached hydrogen (secondary N) is 1. The number of hydrogen-bond acceptors (Lipinski definition) is 4. The molecule has 0 aliphatic rings.